The van der Waals surface area contributed by atoms with Gasteiger partial charge in [-0.1, -0.05) is 72.9 Å². The maximum absolute atomic E-state index is 11.1. The molecule has 0 unspecified atom stereocenters. The van der Waals surface area contributed by atoms with E-state index in [-0.39, 0.29) is 5.92 Å². The molecule has 1 N–H and O–H groups in total. The highest BCUT2D eigenvalue weighted by atomic mass is 32.1. The first kappa shape index (κ1) is 15.8. The van der Waals surface area contributed by atoms with Crippen LogP contribution < -0.4 is 0 Å². The number of rotatable bonds is 3. The third-order valence-corrected chi connectivity index (χ3v) is 4.76. The molecule has 1 aliphatic rings. The number of benzene rings is 2. The smallest absolute Gasteiger partial charge is 0.165 e. The van der Waals surface area contributed by atoms with Crippen molar-refractivity contribution in [3.8, 4) is 0 Å². The molecule has 0 spiro atoms. The predicted octanol–water partition coefficient (Wildman–Crippen LogP) is 3.62. The van der Waals surface area contributed by atoms with E-state index in [1.807, 2.05) is 55.5 Å². The van der Waals surface area contributed by atoms with Crippen LogP contribution in [0, 0.1) is 5.92 Å². The van der Waals surface area contributed by atoms with Gasteiger partial charge in [-0.15, -0.1) is 0 Å². The molecule has 2 atom stereocenters. The van der Waals surface area contributed by atoms with Crippen molar-refractivity contribution in [2.75, 3.05) is 0 Å². The molecular formula is C19H20N2OS. The highest BCUT2D eigenvalue weighted by Crippen LogP contribution is 2.34. The van der Waals surface area contributed by atoms with E-state index in [0.717, 1.165) is 17.7 Å². The third-order valence-electron chi connectivity index (χ3n) is 4.35. The van der Waals surface area contributed by atoms with Gasteiger partial charge in [-0.3, -0.25) is 0 Å². The molecule has 1 heterocycles. The first-order chi connectivity index (χ1) is 11.0. The molecule has 1 aliphatic heterocycles. The van der Waals surface area contributed by atoms with Crippen LogP contribution in [0.3, 0.4) is 0 Å². The van der Waals surface area contributed by atoms with Crippen LogP contribution in [0.15, 0.2) is 65.8 Å². The van der Waals surface area contributed by atoms with E-state index in [1.165, 1.54) is 5.56 Å². The predicted molar refractivity (Wildman–Crippen MR) is 97.3 cm³/mol. The Morgan fingerprint density at radius 3 is 2.30 bits per heavy atom. The summed E-state index contributed by atoms with van der Waals surface area (Å²) in [4.78, 5) is 0.547. The van der Waals surface area contributed by atoms with Crippen molar-refractivity contribution < 1.29 is 5.11 Å². The number of aliphatic hydroxyl groups is 1. The van der Waals surface area contributed by atoms with Crippen LogP contribution in [0.25, 0.3) is 0 Å². The molecule has 0 aromatic heterocycles. The second-order valence-corrected chi connectivity index (χ2v) is 6.45. The molecule has 0 radical (unpaired) electrons. The molecule has 3 nitrogen and oxygen atoms in total. The summed E-state index contributed by atoms with van der Waals surface area (Å²) in [5.74, 6) is -0.0911. The van der Waals surface area contributed by atoms with Crippen molar-refractivity contribution in [2.24, 2.45) is 11.0 Å². The zero-order valence-electron chi connectivity index (χ0n) is 13.3. The Hall–Kier alpha value is -2.04. The Balaban J connectivity index is 1.86. The van der Waals surface area contributed by atoms with Crippen molar-refractivity contribution in [1.82, 2.24) is 5.01 Å². The normalized spacial score (nSPS) is 23.7. The lowest BCUT2D eigenvalue weighted by Gasteiger charge is -2.34. The van der Waals surface area contributed by atoms with E-state index >= 15 is 0 Å². The van der Waals surface area contributed by atoms with Gasteiger partial charge in [-0.2, -0.15) is 5.10 Å². The van der Waals surface area contributed by atoms with Crippen LogP contribution in [0.5, 0.6) is 0 Å². The van der Waals surface area contributed by atoms with E-state index in [1.54, 1.807) is 11.9 Å². The van der Waals surface area contributed by atoms with Gasteiger partial charge >= 0.3 is 0 Å². The van der Waals surface area contributed by atoms with E-state index in [9.17, 15) is 5.11 Å². The van der Waals surface area contributed by atoms with Gasteiger partial charge < -0.3 is 5.11 Å². The molecule has 23 heavy (non-hydrogen) atoms. The van der Waals surface area contributed by atoms with Crippen molar-refractivity contribution in [1.29, 1.82) is 0 Å². The third kappa shape index (κ3) is 3.05. The molecule has 118 valence electrons. The highest BCUT2D eigenvalue weighted by Gasteiger charge is 2.46. The van der Waals surface area contributed by atoms with Gasteiger partial charge in [0.05, 0.1) is 5.92 Å². The van der Waals surface area contributed by atoms with Gasteiger partial charge in [0.25, 0.3) is 0 Å². The molecule has 2 aromatic rings. The zero-order valence-corrected chi connectivity index (χ0v) is 14.1. The Morgan fingerprint density at radius 2 is 1.70 bits per heavy atom. The minimum atomic E-state index is -1.13. The summed E-state index contributed by atoms with van der Waals surface area (Å²) in [7, 11) is 0. The lowest BCUT2D eigenvalue weighted by molar-refractivity contribution is -0.0636. The highest BCUT2D eigenvalue weighted by molar-refractivity contribution is 7.80. The van der Waals surface area contributed by atoms with Gasteiger partial charge in [0.1, 0.15) is 4.99 Å². The van der Waals surface area contributed by atoms with Crippen LogP contribution in [-0.4, -0.2) is 26.5 Å². The quantitative estimate of drug-likeness (QED) is 0.876. The fourth-order valence-electron chi connectivity index (χ4n) is 3.02. The average molecular weight is 324 g/mol. The Kier molecular flexibility index (Phi) is 4.28. The lowest BCUT2D eigenvalue weighted by Crippen LogP contribution is -2.49. The number of thiocarbonyl (C=S) groups is 1. The molecule has 0 saturated carbocycles. The number of hydrazone groups is 1. The van der Waals surface area contributed by atoms with Crippen LogP contribution in [0.1, 0.15) is 25.0 Å². The van der Waals surface area contributed by atoms with Crippen LogP contribution in [-0.2, 0) is 6.42 Å². The number of hydrogen-bond donors (Lipinski definition) is 1. The van der Waals surface area contributed by atoms with Gasteiger partial charge in [-0.05, 0) is 25.8 Å². The van der Waals surface area contributed by atoms with Gasteiger partial charge in [0.2, 0.25) is 0 Å². The Bertz CT molecular complexity index is 726. The fraction of sp³-hybridized carbons (Fsp3) is 0.263. The first-order valence-electron chi connectivity index (χ1n) is 7.71. The van der Waals surface area contributed by atoms with Crippen molar-refractivity contribution in [3.63, 3.8) is 0 Å². The monoisotopic (exact) mass is 324 g/mol. The summed E-state index contributed by atoms with van der Waals surface area (Å²) >= 11 is 5.56. The zero-order chi connectivity index (χ0) is 16.4. The van der Waals surface area contributed by atoms with Gasteiger partial charge in [0.15, 0.2) is 5.72 Å². The van der Waals surface area contributed by atoms with Crippen LogP contribution >= 0.6 is 12.2 Å². The van der Waals surface area contributed by atoms with Gasteiger partial charge in [-0.25, -0.2) is 5.01 Å². The summed E-state index contributed by atoms with van der Waals surface area (Å²) in [6, 6.07) is 19.9. The minimum Gasteiger partial charge on any atom is -0.369 e. The van der Waals surface area contributed by atoms with Crippen molar-refractivity contribution in [3.05, 3.63) is 71.8 Å². The topological polar surface area (TPSA) is 35.8 Å². The van der Waals surface area contributed by atoms with Crippen molar-refractivity contribution in [2.45, 2.75) is 26.0 Å². The summed E-state index contributed by atoms with van der Waals surface area (Å²) in [6.07, 6.45) is 0.733. The summed E-state index contributed by atoms with van der Waals surface area (Å²) < 4.78 is 0. The minimum absolute atomic E-state index is 0.0911. The molecule has 0 bridgehead atoms. The molecule has 0 aliphatic carbocycles. The Morgan fingerprint density at radius 1 is 1.13 bits per heavy atom. The molecule has 0 saturated heterocycles. The second-order valence-electron chi connectivity index (χ2n) is 6.06. The maximum atomic E-state index is 11.1. The number of nitrogens with zero attached hydrogens (tertiary/aromatic N) is 2. The Labute approximate surface area is 142 Å². The second kappa shape index (κ2) is 6.22. The first-order valence-corrected chi connectivity index (χ1v) is 8.12. The maximum Gasteiger partial charge on any atom is 0.165 e. The van der Waals surface area contributed by atoms with Gasteiger partial charge in [0, 0.05) is 11.3 Å². The molecular weight excluding hydrogens is 304 g/mol. The van der Waals surface area contributed by atoms with Crippen LogP contribution in [0.2, 0.25) is 0 Å². The SMILES string of the molecule is CC1=NN(C(=S)c2ccccc2)[C@@](C)(O)[C@@H]1Cc1ccccc1. The summed E-state index contributed by atoms with van der Waals surface area (Å²) in [5, 5.41) is 17.2. The standard InChI is InChI=1S/C19H20N2OS/c1-14-17(13-15-9-5-3-6-10-15)19(2,22)21(20-14)18(23)16-11-7-4-8-12-16/h3-12,17,22H,13H2,1-2H3/t17-,19+/m1/s1. The van der Waals surface area contributed by atoms with Crippen LogP contribution in [0.4, 0.5) is 0 Å². The van der Waals surface area contributed by atoms with Crippen molar-refractivity contribution >= 4 is 22.9 Å². The van der Waals surface area contributed by atoms with E-state index in [0.29, 0.717) is 4.99 Å². The lowest BCUT2D eigenvalue weighted by atomic mass is 9.87. The molecule has 2 aromatic carbocycles. The molecule has 0 amide bonds. The number of hydrogen-bond acceptors (Lipinski definition) is 3. The fourth-order valence-corrected chi connectivity index (χ4v) is 3.38. The molecule has 0 fully saturated rings. The largest absolute Gasteiger partial charge is 0.369 e. The molecule has 4 heteroatoms. The van der Waals surface area contributed by atoms with E-state index < -0.39 is 5.72 Å². The average Bonchev–Trinajstić information content (AvgIpc) is 2.79. The molecule has 3 rings (SSSR count). The van der Waals surface area contributed by atoms with E-state index in [2.05, 4.69) is 17.2 Å². The summed E-state index contributed by atoms with van der Waals surface area (Å²) in [6.45, 7) is 3.74. The van der Waals surface area contributed by atoms with E-state index in [4.69, 9.17) is 12.2 Å². The summed E-state index contributed by atoms with van der Waals surface area (Å²) in [5.41, 5.74) is 1.84.